The molecular weight excluding hydrogens is 750 g/mol. The van der Waals surface area contributed by atoms with Gasteiger partial charge in [0.25, 0.3) is 0 Å². The van der Waals surface area contributed by atoms with Crippen molar-refractivity contribution in [3.63, 3.8) is 0 Å². The van der Waals surface area contributed by atoms with Crippen LogP contribution in [0.5, 0.6) is 0 Å². The molecule has 5 aromatic rings. The maximum absolute atomic E-state index is 3.30. The second kappa shape index (κ2) is 16.2. The normalized spacial score (nSPS) is 11.2. The van der Waals surface area contributed by atoms with Crippen LogP contribution >= 0.6 is 0 Å². The Hall–Kier alpha value is -2.02. The summed E-state index contributed by atoms with van der Waals surface area (Å²) in [6.07, 6.45) is 1.05. The Bertz CT molecular complexity index is 1410. The number of hydrogen-bond acceptors (Lipinski definition) is 0. The summed E-state index contributed by atoms with van der Waals surface area (Å²) in [4.78, 5) is 0. The van der Waals surface area contributed by atoms with Gasteiger partial charge in [-0.25, -0.2) is 12.1 Å². The first-order chi connectivity index (χ1) is 19.0. The van der Waals surface area contributed by atoms with Crippen LogP contribution in [0.3, 0.4) is 0 Å². The van der Waals surface area contributed by atoms with Crippen LogP contribution in [0.25, 0.3) is 11.1 Å². The van der Waals surface area contributed by atoms with Gasteiger partial charge in [0.05, 0.1) is 0 Å². The van der Waals surface area contributed by atoms with Crippen LogP contribution in [0.1, 0.15) is 22.3 Å². The van der Waals surface area contributed by atoms with E-state index in [1.807, 2.05) is 36.4 Å². The third-order valence-corrected chi connectivity index (χ3v) is 13.5. The van der Waals surface area contributed by atoms with Gasteiger partial charge in [-0.05, 0) is 6.42 Å². The molecule has 6 rings (SSSR count). The fourth-order valence-corrected chi connectivity index (χ4v) is 8.29. The zero-order valence-electron chi connectivity index (χ0n) is 25.5. The quantitative estimate of drug-likeness (QED) is 0.190. The first-order valence-electron chi connectivity index (χ1n) is 14.1. The average Bonchev–Trinajstić information content (AvgIpc) is 3.64. The third-order valence-electron chi connectivity index (χ3n) is 7.25. The van der Waals surface area contributed by atoms with Crippen molar-refractivity contribution in [2.45, 2.75) is 45.7 Å². The van der Waals surface area contributed by atoms with Crippen molar-refractivity contribution in [3.8, 4) is 11.1 Å². The van der Waals surface area contributed by atoms with Gasteiger partial charge in [-0.15, -0.1) is 5.56 Å². The first kappa shape index (κ1) is 36.2. The second-order valence-electron chi connectivity index (χ2n) is 12.4. The monoisotopic (exact) mass is 790 g/mol. The van der Waals surface area contributed by atoms with Gasteiger partial charge in [-0.3, -0.25) is 0 Å². The fourth-order valence-electron chi connectivity index (χ4n) is 4.76. The smallest absolute Gasteiger partial charge is 0.0253 e. The molecule has 0 unspecified atom stereocenters. The summed E-state index contributed by atoms with van der Waals surface area (Å²) in [5.41, 5.74) is 8.31. The molecule has 0 nitrogen and oxygen atoms in total. The van der Waals surface area contributed by atoms with E-state index in [0.717, 1.165) is 30.3 Å². The largest absolute Gasteiger partial charge is 1.00 e. The van der Waals surface area contributed by atoms with Crippen molar-refractivity contribution in [2.24, 2.45) is 0 Å². The number of halogens is 2. The van der Waals surface area contributed by atoms with Crippen LogP contribution in [0.4, 0.5) is 0 Å². The molecule has 216 valence electrons. The molecule has 0 aliphatic heterocycles. The minimum atomic E-state index is -1.19. The molecule has 0 atom stereocenters. The molecule has 0 fully saturated rings. The Morgan fingerprint density at radius 3 is 1.55 bits per heavy atom. The van der Waals surface area contributed by atoms with E-state index in [2.05, 4.69) is 130 Å². The molecule has 0 saturated carbocycles. The summed E-state index contributed by atoms with van der Waals surface area (Å²) >= 11 is 1.08. The molecule has 5 aromatic carbocycles. The van der Waals surface area contributed by atoms with Crippen LogP contribution < -0.4 is 35.2 Å². The number of hydrogen-bond donors (Lipinski definition) is 0. The predicted molar refractivity (Wildman–Crippen MR) is 178 cm³/mol. The van der Waals surface area contributed by atoms with Gasteiger partial charge in [-0.1, -0.05) is 35.4 Å². The maximum atomic E-state index is 3.30. The maximum Gasteiger partial charge on any atom is -0.0253 e. The Morgan fingerprint density at radius 2 is 1.10 bits per heavy atom. The van der Waals surface area contributed by atoms with Crippen LogP contribution in [0.2, 0.25) is 39.3 Å². The summed E-state index contributed by atoms with van der Waals surface area (Å²) in [5.74, 6) is 0. The first-order valence-corrected chi connectivity index (χ1v) is 22.9. The van der Waals surface area contributed by atoms with Crippen LogP contribution in [0, 0.1) is 6.07 Å². The molecule has 0 amide bonds. The van der Waals surface area contributed by atoms with Crippen molar-refractivity contribution < 1.29 is 48.7 Å². The van der Waals surface area contributed by atoms with Crippen molar-refractivity contribution in [2.75, 3.05) is 0 Å². The average molecular weight is 790 g/mol. The summed E-state index contributed by atoms with van der Waals surface area (Å²) in [5, 5.41) is 3.08. The molecular formula is C37H40Cl2HfSi2-2. The Balaban J connectivity index is 0.000000258. The van der Waals surface area contributed by atoms with E-state index in [1.165, 1.54) is 36.6 Å². The summed E-state index contributed by atoms with van der Waals surface area (Å²) < 4.78 is 1.50. The summed E-state index contributed by atoms with van der Waals surface area (Å²) in [6.45, 7) is 14.4. The molecule has 5 heteroatoms. The van der Waals surface area contributed by atoms with Crippen molar-refractivity contribution in [3.05, 3.63) is 150 Å². The zero-order chi connectivity index (χ0) is 28.8. The van der Waals surface area contributed by atoms with Crippen LogP contribution in [-0.4, -0.2) is 19.4 Å². The fraction of sp³-hybridized carbons (Fsp3) is 0.189. The van der Waals surface area contributed by atoms with Crippen molar-refractivity contribution in [1.29, 1.82) is 0 Å². The molecule has 0 aromatic heterocycles. The molecule has 42 heavy (non-hydrogen) atoms. The number of rotatable bonds is 4. The molecule has 1 aliphatic carbocycles. The van der Waals surface area contributed by atoms with Crippen molar-refractivity contribution >= 4 is 29.8 Å². The van der Waals surface area contributed by atoms with E-state index in [1.54, 1.807) is 10.4 Å². The van der Waals surface area contributed by atoms with Gasteiger partial charge in [-0.2, -0.15) is 48.0 Å². The predicted octanol–water partition coefficient (Wildman–Crippen LogP) is 2.36. The SMILES string of the molecule is C[Si](C)(C)c1ccc([C](=[Hf+2])c2ccc([Si](C)(C)C)cc2)cc1.[Cl-].[Cl-].[c-]1cccc2c1Cc1ccccc1-2.c1cc[cH-]c1. The molecule has 0 heterocycles. The van der Waals surface area contributed by atoms with Crippen molar-refractivity contribution in [1.82, 2.24) is 0 Å². The van der Waals surface area contributed by atoms with Gasteiger partial charge in [0.2, 0.25) is 0 Å². The summed E-state index contributed by atoms with van der Waals surface area (Å²) in [7, 11) is -2.38. The van der Waals surface area contributed by atoms with Gasteiger partial charge in [0.1, 0.15) is 0 Å². The topological polar surface area (TPSA) is 0 Å². The number of fused-ring (bicyclic) bond motifs is 3. The Labute approximate surface area is 282 Å². The Kier molecular flexibility index (Phi) is 13.9. The molecule has 0 bridgehead atoms. The molecule has 0 saturated heterocycles. The minimum Gasteiger partial charge on any atom is -1.00 e. The third kappa shape index (κ3) is 9.75. The van der Waals surface area contributed by atoms with Gasteiger partial charge in [0.15, 0.2) is 0 Å². The number of benzene rings is 4. The Morgan fingerprint density at radius 1 is 0.619 bits per heavy atom. The molecule has 0 spiro atoms. The van der Waals surface area contributed by atoms with Gasteiger partial charge in [0, 0.05) is 0 Å². The zero-order valence-corrected chi connectivity index (χ0v) is 32.6. The van der Waals surface area contributed by atoms with Crippen LogP contribution in [0.15, 0.2) is 121 Å². The molecule has 0 N–H and O–H groups in total. The molecule has 1 aliphatic rings. The van der Waals surface area contributed by atoms with E-state index in [9.17, 15) is 0 Å². The van der Waals surface area contributed by atoms with Gasteiger partial charge < -0.3 is 24.8 Å². The standard InChI is InChI=1S/C19H26Si2.C13H9.C5H5.2ClH.Hf/c1-20(2,3)18-11-7-16(8-12-18)15-17-9-13-19(14-10-17)21(4,5)6;1-3-7-12-10(5-1)9-11-6-2-4-8-13(11)12;1-2-4-5-3-1;;;/h7-14H,1-6H3;1-5,7-8H,9H2;1-5H;2*1H;/q;2*-1;;;+2/p-2. The van der Waals surface area contributed by atoms with E-state index >= 15 is 0 Å². The van der Waals surface area contributed by atoms with Crippen LogP contribution in [-0.2, 0) is 30.3 Å². The van der Waals surface area contributed by atoms with E-state index < -0.39 is 16.1 Å². The second-order valence-corrected chi connectivity index (χ2v) is 24.3. The summed E-state index contributed by atoms with van der Waals surface area (Å²) in [6, 6.07) is 46.8. The molecule has 0 radical (unpaired) electrons. The van der Waals surface area contributed by atoms with E-state index in [4.69, 9.17) is 0 Å². The van der Waals surface area contributed by atoms with E-state index in [0.29, 0.717) is 0 Å². The van der Waals surface area contributed by atoms with Gasteiger partial charge >= 0.3 is 153 Å². The minimum absolute atomic E-state index is 0. The van der Waals surface area contributed by atoms with E-state index in [-0.39, 0.29) is 24.8 Å².